The number of nitrogens with one attached hydrogen (secondary N) is 1. The summed E-state index contributed by atoms with van der Waals surface area (Å²) in [5.41, 5.74) is 0.371. The highest BCUT2D eigenvalue weighted by Crippen LogP contribution is 2.29. The van der Waals surface area contributed by atoms with Gasteiger partial charge in [0.1, 0.15) is 11.4 Å². The van der Waals surface area contributed by atoms with Crippen LogP contribution in [0.5, 0.6) is 5.75 Å². The van der Waals surface area contributed by atoms with Gasteiger partial charge in [-0.1, -0.05) is 0 Å². The van der Waals surface area contributed by atoms with Crippen LogP contribution in [-0.2, 0) is 0 Å². The number of benzene rings is 1. The molecule has 0 radical (unpaired) electrons. The molecule has 5 nitrogen and oxygen atoms in total. The summed E-state index contributed by atoms with van der Waals surface area (Å²) in [4.78, 5) is 19.9. The molecule has 2 heterocycles. The zero-order valence-corrected chi connectivity index (χ0v) is 16.1. The minimum absolute atomic E-state index is 0.0365. The van der Waals surface area contributed by atoms with Crippen LogP contribution in [0.1, 0.15) is 0 Å². The predicted octanol–water partition coefficient (Wildman–Crippen LogP) is 4.47. The Bertz CT molecular complexity index is 1000. The van der Waals surface area contributed by atoms with Crippen molar-refractivity contribution in [1.82, 2.24) is 14.5 Å². The maximum absolute atomic E-state index is 12.7. The molecule has 132 valence electrons. The Morgan fingerprint density at radius 1 is 1.24 bits per heavy atom. The second kappa shape index (κ2) is 6.69. The molecule has 0 aliphatic rings. The fourth-order valence-corrected chi connectivity index (χ4v) is 3.30. The number of thiol groups is 1. The summed E-state index contributed by atoms with van der Waals surface area (Å²) in [6.07, 6.45) is -4.42. The van der Waals surface area contributed by atoms with Gasteiger partial charge in [0.15, 0.2) is 11.8 Å². The molecular formula is C14H8Br2F3N3O2S. The number of aromatic nitrogens is 3. The van der Waals surface area contributed by atoms with Crippen LogP contribution in [0.3, 0.4) is 0 Å². The fraction of sp³-hybridized carbons (Fsp3) is 0.143. The Morgan fingerprint density at radius 2 is 1.88 bits per heavy atom. The topological polar surface area (TPSA) is 59.9 Å². The first-order chi connectivity index (χ1) is 11.7. The second-order valence-corrected chi connectivity index (χ2v) is 6.91. The normalized spacial score (nSPS) is 11.9. The monoisotopic (exact) mass is 497 g/mol. The van der Waals surface area contributed by atoms with E-state index in [2.05, 4.69) is 59.2 Å². The SMILES string of the molecule is O=c1c2c(Br)c(Br)[nH]c2nc(S)n1-c1ccc(OCC(F)(F)F)cc1. The average Bonchev–Trinajstić information content (AvgIpc) is 2.80. The van der Waals surface area contributed by atoms with Crippen molar-refractivity contribution in [2.75, 3.05) is 6.61 Å². The Morgan fingerprint density at radius 3 is 2.48 bits per heavy atom. The molecule has 2 aromatic heterocycles. The average molecular weight is 499 g/mol. The third-order valence-corrected chi connectivity index (χ3v) is 5.42. The summed E-state index contributed by atoms with van der Waals surface area (Å²) in [6, 6.07) is 5.59. The van der Waals surface area contributed by atoms with E-state index in [-0.39, 0.29) is 16.5 Å². The number of alkyl halides is 3. The molecule has 0 fully saturated rings. The largest absolute Gasteiger partial charge is 0.484 e. The minimum atomic E-state index is -4.42. The molecule has 1 N–H and O–H groups in total. The number of rotatable bonds is 3. The Hall–Kier alpha value is -1.46. The first kappa shape index (κ1) is 18.3. The van der Waals surface area contributed by atoms with Gasteiger partial charge in [0.05, 0.1) is 20.1 Å². The lowest BCUT2D eigenvalue weighted by Crippen LogP contribution is -2.21. The van der Waals surface area contributed by atoms with Gasteiger partial charge in [0.2, 0.25) is 0 Å². The van der Waals surface area contributed by atoms with Gasteiger partial charge in [-0.25, -0.2) is 4.98 Å². The van der Waals surface area contributed by atoms with E-state index in [1.54, 1.807) is 0 Å². The summed E-state index contributed by atoms with van der Waals surface area (Å²) >= 11 is 10.8. The number of hydrogen-bond acceptors (Lipinski definition) is 4. The Kier molecular flexibility index (Phi) is 4.91. The van der Waals surface area contributed by atoms with Crippen LogP contribution in [0.15, 0.2) is 43.3 Å². The van der Waals surface area contributed by atoms with Crippen molar-refractivity contribution in [1.29, 1.82) is 0 Å². The predicted molar refractivity (Wildman–Crippen MR) is 95.9 cm³/mol. The van der Waals surface area contributed by atoms with Crippen LogP contribution in [0, 0.1) is 0 Å². The highest BCUT2D eigenvalue weighted by Gasteiger charge is 2.28. The minimum Gasteiger partial charge on any atom is -0.484 e. The van der Waals surface area contributed by atoms with Crippen LogP contribution in [0.2, 0.25) is 0 Å². The molecule has 0 aliphatic heterocycles. The van der Waals surface area contributed by atoms with Gasteiger partial charge >= 0.3 is 6.18 Å². The molecule has 3 rings (SSSR count). The van der Waals surface area contributed by atoms with E-state index in [0.29, 0.717) is 25.8 Å². The zero-order chi connectivity index (χ0) is 18.4. The maximum Gasteiger partial charge on any atom is 0.422 e. The van der Waals surface area contributed by atoms with E-state index < -0.39 is 12.8 Å². The molecular weight excluding hydrogens is 491 g/mol. The van der Waals surface area contributed by atoms with Crippen LogP contribution >= 0.6 is 44.5 Å². The van der Waals surface area contributed by atoms with E-state index in [1.165, 1.54) is 28.8 Å². The smallest absolute Gasteiger partial charge is 0.422 e. The quantitative estimate of drug-likeness (QED) is 0.414. The standard InChI is InChI=1S/C14H8Br2F3N3O2S/c15-9-8-11(20-10(9)16)21-13(25)22(12(8)23)6-1-3-7(4-2-6)24-5-14(17,18)19/h1-4,20H,5H2,(H,21,25). The molecule has 0 saturated heterocycles. The van der Waals surface area contributed by atoms with Gasteiger partial charge in [-0.15, -0.1) is 12.6 Å². The van der Waals surface area contributed by atoms with Gasteiger partial charge < -0.3 is 9.72 Å². The number of H-pyrrole nitrogens is 1. The lowest BCUT2D eigenvalue weighted by atomic mass is 10.3. The van der Waals surface area contributed by atoms with Gasteiger partial charge in [0, 0.05) is 0 Å². The Labute approximate surface area is 160 Å². The number of fused-ring (bicyclic) bond motifs is 1. The molecule has 0 amide bonds. The molecule has 11 heteroatoms. The summed E-state index contributed by atoms with van der Waals surface area (Å²) in [5, 5.41) is 0.449. The van der Waals surface area contributed by atoms with E-state index >= 15 is 0 Å². The van der Waals surface area contributed by atoms with E-state index in [4.69, 9.17) is 0 Å². The van der Waals surface area contributed by atoms with Crippen molar-refractivity contribution in [3.05, 3.63) is 43.7 Å². The van der Waals surface area contributed by atoms with Crippen molar-refractivity contribution < 1.29 is 17.9 Å². The van der Waals surface area contributed by atoms with E-state index in [1.807, 2.05) is 0 Å². The molecule has 0 saturated carbocycles. The number of aromatic amines is 1. The molecule has 0 aliphatic carbocycles. The van der Waals surface area contributed by atoms with Crippen molar-refractivity contribution in [3.8, 4) is 11.4 Å². The fourth-order valence-electron chi connectivity index (χ4n) is 2.16. The third kappa shape index (κ3) is 3.72. The number of hydrogen-bond donors (Lipinski definition) is 2. The maximum atomic E-state index is 12.7. The Balaban J connectivity index is 2.02. The highest BCUT2D eigenvalue weighted by atomic mass is 79.9. The number of nitrogens with zero attached hydrogens (tertiary/aromatic N) is 2. The van der Waals surface area contributed by atoms with Gasteiger partial charge in [-0.05, 0) is 56.1 Å². The van der Waals surface area contributed by atoms with Gasteiger partial charge in [0.25, 0.3) is 5.56 Å². The second-order valence-electron chi connectivity index (χ2n) is 4.93. The van der Waals surface area contributed by atoms with Crippen LogP contribution in [0.25, 0.3) is 16.7 Å². The molecule has 3 aromatic rings. The van der Waals surface area contributed by atoms with Gasteiger partial charge in [-0.2, -0.15) is 13.2 Å². The lowest BCUT2D eigenvalue weighted by Gasteiger charge is -2.11. The van der Waals surface area contributed by atoms with Crippen LogP contribution < -0.4 is 10.3 Å². The van der Waals surface area contributed by atoms with Crippen molar-refractivity contribution >= 4 is 55.5 Å². The summed E-state index contributed by atoms with van der Waals surface area (Å²) in [6.45, 7) is -1.39. The first-order valence-electron chi connectivity index (χ1n) is 6.66. The molecule has 0 spiro atoms. The third-order valence-electron chi connectivity index (χ3n) is 3.20. The summed E-state index contributed by atoms with van der Waals surface area (Å²) in [7, 11) is 0. The van der Waals surface area contributed by atoms with Crippen molar-refractivity contribution in [2.24, 2.45) is 0 Å². The summed E-state index contributed by atoms with van der Waals surface area (Å²) in [5.74, 6) is 0.0365. The van der Waals surface area contributed by atoms with E-state index in [9.17, 15) is 18.0 Å². The zero-order valence-electron chi connectivity index (χ0n) is 12.1. The lowest BCUT2D eigenvalue weighted by molar-refractivity contribution is -0.153. The van der Waals surface area contributed by atoms with Crippen molar-refractivity contribution in [3.63, 3.8) is 0 Å². The summed E-state index contributed by atoms with van der Waals surface area (Å²) < 4.78 is 43.5. The van der Waals surface area contributed by atoms with Crippen LogP contribution in [-0.4, -0.2) is 27.3 Å². The molecule has 25 heavy (non-hydrogen) atoms. The molecule has 1 aromatic carbocycles. The van der Waals surface area contributed by atoms with E-state index in [0.717, 1.165) is 0 Å². The van der Waals surface area contributed by atoms with Crippen molar-refractivity contribution in [2.45, 2.75) is 11.3 Å². The molecule has 0 unspecified atom stereocenters. The number of halogens is 5. The van der Waals surface area contributed by atoms with Gasteiger partial charge in [-0.3, -0.25) is 9.36 Å². The van der Waals surface area contributed by atoms with Crippen LogP contribution in [0.4, 0.5) is 13.2 Å². The molecule has 0 bridgehead atoms. The first-order valence-corrected chi connectivity index (χ1v) is 8.69. The highest BCUT2D eigenvalue weighted by molar-refractivity contribution is 9.13. The molecule has 0 atom stereocenters. The number of ether oxygens (including phenoxy) is 1.